The minimum Gasteiger partial charge on any atom is -0.481 e. The number of aromatic nitrogens is 1. The van der Waals surface area contributed by atoms with Gasteiger partial charge in [-0.3, -0.25) is 29.2 Å². The van der Waals surface area contributed by atoms with Crippen molar-refractivity contribution in [3.63, 3.8) is 0 Å². The summed E-state index contributed by atoms with van der Waals surface area (Å²) in [6.45, 7) is 5.05. The molecule has 202 valence electrons. The fourth-order valence-corrected chi connectivity index (χ4v) is 7.03. The molecule has 3 heterocycles. The fourth-order valence-electron chi connectivity index (χ4n) is 7.03. The van der Waals surface area contributed by atoms with Gasteiger partial charge in [0.15, 0.2) is 0 Å². The lowest BCUT2D eigenvalue weighted by Crippen LogP contribution is -2.56. The van der Waals surface area contributed by atoms with Crippen molar-refractivity contribution < 1.29 is 19.5 Å². The Morgan fingerprint density at radius 1 is 1.05 bits per heavy atom. The second kappa shape index (κ2) is 11.5. The molecule has 2 atom stereocenters. The summed E-state index contributed by atoms with van der Waals surface area (Å²) in [6, 6.07) is 4.75. The molecule has 5 rings (SSSR count). The molecule has 0 aromatic carbocycles. The van der Waals surface area contributed by atoms with E-state index in [1.807, 2.05) is 12.1 Å². The number of carboxylic acid groups (broad SMARTS) is 1. The molecule has 9 nitrogen and oxygen atoms in total. The monoisotopic (exact) mass is 511 g/mol. The van der Waals surface area contributed by atoms with Gasteiger partial charge in [0.25, 0.3) is 0 Å². The maximum Gasteiger partial charge on any atom is 0.306 e. The number of amides is 2. The van der Waals surface area contributed by atoms with Gasteiger partial charge in [0.1, 0.15) is 0 Å². The normalized spacial score (nSPS) is 33.2. The predicted molar refractivity (Wildman–Crippen MR) is 139 cm³/mol. The van der Waals surface area contributed by atoms with E-state index in [4.69, 9.17) is 0 Å². The number of aliphatic carboxylic acids is 1. The summed E-state index contributed by atoms with van der Waals surface area (Å²) in [5.74, 6) is -0.515. The molecule has 4 aliphatic rings. The number of pyridine rings is 1. The number of nitrogens with one attached hydrogen (secondary N) is 1. The zero-order valence-electron chi connectivity index (χ0n) is 21.9. The van der Waals surface area contributed by atoms with E-state index in [0.29, 0.717) is 24.5 Å². The molecule has 2 aliphatic carbocycles. The van der Waals surface area contributed by atoms with Crippen molar-refractivity contribution in [3.8, 4) is 0 Å². The van der Waals surface area contributed by atoms with Crippen LogP contribution in [-0.2, 0) is 14.4 Å². The third kappa shape index (κ3) is 5.82. The summed E-state index contributed by atoms with van der Waals surface area (Å²) < 4.78 is 0. The number of likely N-dealkylation sites (tertiary alicyclic amines) is 1. The van der Waals surface area contributed by atoms with Gasteiger partial charge in [-0.1, -0.05) is 6.07 Å². The standard InChI is InChI=1S/C28H41N5O4/c1-31-25(34)17-24(26(31)21-3-2-9-29-18-21)27(35)30-10-8-19-15-23(16-19)33-13-11-32(12-14-33)22-6-4-20(5-7-22)28(36)37/h2-3,9,18-20,22-24,26H,4-8,10-17H2,1H3,(H,30,35)(H,36,37)/t19?,20-,22-,23?,24-,26+/m0/s1. The van der Waals surface area contributed by atoms with Crippen molar-refractivity contribution in [1.82, 2.24) is 25.0 Å². The Morgan fingerprint density at radius 2 is 1.73 bits per heavy atom. The molecule has 0 bridgehead atoms. The summed E-state index contributed by atoms with van der Waals surface area (Å²) in [7, 11) is 1.77. The lowest BCUT2D eigenvalue weighted by Gasteiger charge is -2.48. The van der Waals surface area contributed by atoms with Crippen LogP contribution in [-0.4, -0.2) is 94.4 Å². The number of hydrogen-bond donors (Lipinski definition) is 2. The second-order valence-corrected chi connectivity index (χ2v) is 11.5. The van der Waals surface area contributed by atoms with Crippen LogP contribution in [0.5, 0.6) is 0 Å². The number of piperazine rings is 1. The van der Waals surface area contributed by atoms with Crippen LogP contribution in [0.15, 0.2) is 24.5 Å². The smallest absolute Gasteiger partial charge is 0.306 e. The van der Waals surface area contributed by atoms with Crippen molar-refractivity contribution in [2.24, 2.45) is 17.8 Å². The average Bonchev–Trinajstić information content (AvgIpc) is 3.20. The summed E-state index contributed by atoms with van der Waals surface area (Å²) in [5, 5.41) is 12.3. The van der Waals surface area contributed by atoms with E-state index in [2.05, 4.69) is 20.1 Å². The van der Waals surface area contributed by atoms with Gasteiger partial charge in [0.05, 0.1) is 17.9 Å². The highest BCUT2D eigenvalue weighted by molar-refractivity contribution is 5.90. The molecule has 9 heteroatoms. The number of carbonyl (C=O) groups excluding carboxylic acids is 2. The molecule has 4 fully saturated rings. The summed E-state index contributed by atoms with van der Waals surface area (Å²) in [5.41, 5.74) is 0.908. The first-order valence-electron chi connectivity index (χ1n) is 14.0. The summed E-state index contributed by atoms with van der Waals surface area (Å²) >= 11 is 0. The van der Waals surface area contributed by atoms with Crippen LogP contribution in [0.1, 0.15) is 63.0 Å². The average molecular weight is 512 g/mol. The van der Waals surface area contributed by atoms with E-state index in [9.17, 15) is 19.5 Å². The molecule has 2 N–H and O–H groups in total. The van der Waals surface area contributed by atoms with E-state index < -0.39 is 5.97 Å². The number of hydrogen-bond acceptors (Lipinski definition) is 6. The lowest BCUT2D eigenvalue weighted by molar-refractivity contribution is -0.143. The maximum absolute atomic E-state index is 13.0. The van der Waals surface area contributed by atoms with Crippen LogP contribution in [0, 0.1) is 17.8 Å². The summed E-state index contributed by atoms with van der Waals surface area (Å²) in [6.07, 6.45) is 10.8. The van der Waals surface area contributed by atoms with Crippen LogP contribution < -0.4 is 5.32 Å². The number of carbonyl (C=O) groups is 3. The topological polar surface area (TPSA) is 106 Å². The van der Waals surface area contributed by atoms with E-state index >= 15 is 0 Å². The van der Waals surface area contributed by atoms with Crippen LogP contribution >= 0.6 is 0 Å². The lowest BCUT2D eigenvalue weighted by atomic mass is 9.77. The highest BCUT2D eigenvalue weighted by Crippen LogP contribution is 2.38. The van der Waals surface area contributed by atoms with Gasteiger partial charge in [-0.2, -0.15) is 0 Å². The van der Waals surface area contributed by atoms with Crippen molar-refractivity contribution in [1.29, 1.82) is 0 Å². The van der Waals surface area contributed by atoms with E-state index in [1.165, 1.54) is 12.8 Å². The molecular weight excluding hydrogens is 470 g/mol. The Kier molecular flexibility index (Phi) is 8.09. The van der Waals surface area contributed by atoms with Crippen LogP contribution in [0.25, 0.3) is 0 Å². The van der Waals surface area contributed by atoms with Gasteiger partial charge in [0, 0.05) is 70.7 Å². The molecule has 1 aromatic rings. The van der Waals surface area contributed by atoms with Crippen LogP contribution in [0.4, 0.5) is 0 Å². The molecule has 2 saturated carbocycles. The number of nitrogens with zero attached hydrogens (tertiary/aromatic N) is 4. The molecule has 0 radical (unpaired) electrons. The third-order valence-corrected chi connectivity index (χ3v) is 9.44. The third-order valence-electron chi connectivity index (χ3n) is 9.44. The molecule has 2 amide bonds. The molecule has 2 aliphatic heterocycles. The van der Waals surface area contributed by atoms with Gasteiger partial charge in [0.2, 0.25) is 11.8 Å². The predicted octanol–water partition coefficient (Wildman–Crippen LogP) is 2.15. The Morgan fingerprint density at radius 3 is 2.35 bits per heavy atom. The van der Waals surface area contributed by atoms with E-state index in [0.717, 1.165) is 63.8 Å². The minimum atomic E-state index is -0.627. The van der Waals surface area contributed by atoms with Gasteiger partial charge in [-0.15, -0.1) is 0 Å². The summed E-state index contributed by atoms with van der Waals surface area (Å²) in [4.78, 5) is 47.6. The van der Waals surface area contributed by atoms with Gasteiger partial charge >= 0.3 is 5.97 Å². The minimum absolute atomic E-state index is 0.00359. The Labute approximate surface area is 219 Å². The van der Waals surface area contributed by atoms with Gasteiger partial charge < -0.3 is 15.3 Å². The Balaban J connectivity index is 0.995. The maximum atomic E-state index is 13.0. The second-order valence-electron chi connectivity index (χ2n) is 11.5. The van der Waals surface area contributed by atoms with Crippen LogP contribution in [0.3, 0.4) is 0 Å². The molecule has 0 unspecified atom stereocenters. The number of carboxylic acids is 1. The SMILES string of the molecule is CN1C(=O)C[C@H](C(=O)NCCC2CC(N3CCN([C@H]4CC[C@H](C(=O)O)CC4)CC3)C2)[C@H]1c1cccnc1. The Hall–Kier alpha value is -2.52. The van der Waals surface area contributed by atoms with E-state index in [1.54, 1.807) is 24.3 Å². The van der Waals surface area contributed by atoms with Crippen molar-refractivity contribution in [2.75, 3.05) is 39.8 Å². The van der Waals surface area contributed by atoms with Gasteiger partial charge in [-0.25, -0.2) is 0 Å². The highest BCUT2D eigenvalue weighted by Gasteiger charge is 2.43. The first-order valence-corrected chi connectivity index (χ1v) is 14.0. The Bertz CT molecular complexity index is 953. The van der Waals surface area contributed by atoms with E-state index in [-0.39, 0.29) is 36.1 Å². The fraction of sp³-hybridized carbons (Fsp3) is 0.714. The van der Waals surface area contributed by atoms with Crippen molar-refractivity contribution >= 4 is 17.8 Å². The van der Waals surface area contributed by atoms with Crippen molar-refractivity contribution in [3.05, 3.63) is 30.1 Å². The first kappa shape index (κ1) is 26.1. The first-order chi connectivity index (χ1) is 17.9. The van der Waals surface area contributed by atoms with Crippen LogP contribution in [0.2, 0.25) is 0 Å². The molecule has 1 aromatic heterocycles. The zero-order chi connectivity index (χ0) is 25.9. The zero-order valence-corrected chi connectivity index (χ0v) is 21.9. The van der Waals surface area contributed by atoms with Crippen molar-refractivity contribution in [2.45, 2.75) is 69.5 Å². The quantitative estimate of drug-likeness (QED) is 0.551. The van der Waals surface area contributed by atoms with Gasteiger partial charge in [-0.05, 0) is 62.5 Å². The molecule has 0 spiro atoms. The molecular formula is C28H41N5O4. The highest BCUT2D eigenvalue weighted by atomic mass is 16.4. The molecule has 2 saturated heterocycles. The number of rotatable bonds is 8. The molecule has 37 heavy (non-hydrogen) atoms. The largest absolute Gasteiger partial charge is 0.481 e.